The molecule has 2 aromatic carbocycles. The Balaban J connectivity index is 2.02. The van der Waals surface area contributed by atoms with Gasteiger partial charge in [0, 0.05) is 23.7 Å². The molecule has 4 heteroatoms. The molecule has 0 heterocycles. The zero-order chi connectivity index (χ0) is 14.5. The van der Waals surface area contributed by atoms with Gasteiger partial charge in [-0.2, -0.15) is 0 Å². The van der Waals surface area contributed by atoms with Crippen molar-refractivity contribution in [3.8, 4) is 0 Å². The summed E-state index contributed by atoms with van der Waals surface area (Å²) >= 11 is 0. The summed E-state index contributed by atoms with van der Waals surface area (Å²) in [4.78, 5) is 11.0. The lowest BCUT2D eigenvalue weighted by atomic mass is 10.1. The molecule has 0 saturated carbocycles. The second-order valence-electron chi connectivity index (χ2n) is 4.68. The first-order valence-corrected chi connectivity index (χ1v) is 6.44. The number of primary amides is 1. The number of carbonyl (C=O) groups is 1. The number of hydrogen-bond donors (Lipinski definition) is 2. The Bertz CT molecular complexity index is 599. The van der Waals surface area contributed by atoms with Gasteiger partial charge >= 0.3 is 0 Å². The normalized spacial score (nSPS) is 12.1. The summed E-state index contributed by atoms with van der Waals surface area (Å²) in [7, 11) is 0. The van der Waals surface area contributed by atoms with Crippen LogP contribution in [0.4, 0.5) is 4.39 Å². The first kappa shape index (κ1) is 14.2. The number of rotatable bonds is 5. The van der Waals surface area contributed by atoms with Crippen molar-refractivity contribution in [2.75, 3.05) is 0 Å². The first-order valence-electron chi connectivity index (χ1n) is 6.44. The topological polar surface area (TPSA) is 55.1 Å². The van der Waals surface area contributed by atoms with Crippen LogP contribution in [0, 0.1) is 5.82 Å². The van der Waals surface area contributed by atoms with Crippen LogP contribution >= 0.6 is 0 Å². The van der Waals surface area contributed by atoms with Gasteiger partial charge in [0.15, 0.2) is 0 Å². The monoisotopic (exact) mass is 272 g/mol. The van der Waals surface area contributed by atoms with Crippen LogP contribution in [0.5, 0.6) is 0 Å². The standard InChI is InChI=1S/C16H17FN2O/c1-11(12-5-3-2-4-6-12)19-10-14-8-7-13(16(18)20)9-15(14)17/h2-9,11,19H,10H2,1H3,(H2,18,20)/t11-/m0/s1. The van der Waals surface area contributed by atoms with E-state index in [-0.39, 0.29) is 11.6 Å². The molecule has 20 heavy (non-hydrogen) atoms. The molecule has 0 radical (unpaired) electrons. The summed E-state index contributed by atoms with van der Waals surface area (Å²) in [5, 5.41) is 3.25. The molecule has 0 bridgehead atoms. The van der Waals surface area contributed by atoms with Crippen molar-refractivity contribution in [3.63, 3.8) is 0 Å². The molecule has 1 atom stereocenters. The van der Waals surface area contributed by atoms with E-state index < -0.39 is 11.7 Å². The van der Waals surface area contributed by atoms with E-state index in [0.29, 0.717) is 12.1 Å². The van der Waals surface area contributed by atoms with Crippen LogP contribution in [0.25, 0.3) is 0 Å². The molecule has 0 aliphatic heterocycles. The zero-order valence-corrected chi connectivity index (χ0v) is 11.3. The molecule has 0 aromatic heterocycles. The molecule has 2 rings (SSSR count). The van der Waals surface area contributed by atoms with Crippen LogP contribution < -0.4 is 11.1 Å². The Labute approximate surface area is 117 Å². The quantitative estimate of drug-likeness (QED) is 0.879. The molecule has 2 aromatic rings. The lowest BCUT2D eigenvalue weighted by Crippen LogP contribution is -2.19. The summed E-state index contributed by atoms with van der Waals surface area (Å²) in [6.45, 7) is 2.41. The van der Waals surface area contributed by atoms with Crippen LogP contribution in [-0.4, -0.2) is 5.91 Å². The number of halogens is 1. The largest absolute Gasteiger partial charge is 0.366 e. The average molecular weight is 272 g/mol. The van der Waals surface area contributed by atoms with Gasteiger partial charge in [-0.1, -0.05) is 36.4 Å². The van der Waals surface area contributed by atoms with Gasteiger partial charge in [-0.25, -0.2) is 4.39 Å². The Hall–Kier alpha value is -2.20. The smallest absolute Gasteiger partial charge is 0.248 e. The molecule has 0 saturated heterocycles. The van der Waals surface area contributed by atoms with E-state index in [1.807, 2.05) is 37.3 Å². The van der Waals surface area contributed by atoms with Crippen molar-refractivity contribution in [1.29, 1.82) is 0 Å². The van der Waals surface area contributed by atoms with Crippen molar-refractivity contribution in [1.82, 2.24) is 5.32 Å². The van der Waals surface area contributed by atoms with Crippen LogP contribution in [0.15, 0.2) is 48.5 Å². The third-order valence-corrected chi connectivity index (χ3v) is 3.24. The van der Waals surface area contributed by atoms with E-state index in [1.165, 1.54) is 12.1 Å². The Morgan fingerprint density at radius 1 is 1.25 bits per heavy atom. The highest BCUT2D eigenvalue weighted by Crippen LogP contribution is 2.14. The lowest BCUT2D eigenvalue weighted by molar-refractivity contribution is 0.1000. The Morgan fingerprint density at radius 2 is 1.95 bits per heavy atom. The van der Waals surface area contributed by atoms with Crippen LogP contribution in [0.3, 0.4) is 0 Å². The Kier molecular flexibility index (Phi) is 4.48. The predicted molar refractivity (Wildman–Crippen MR) is 76.6 cm³/mol. The van der Waals surface area contributed by atoms with Gasteiger partial charge in [0.25, 0.3) is 0 Å². The van der Waals surface area contributed by atoms with Crippen LogP contribution in [-0.2, 0) is 6.54 Å². The molecule has 0 spiro atoms. The summed E-state index contributed by atoms with van der Waals surface area (Å²) in [6.07, 6.45) is 0. The molecular formula is C16H17FN2O. The minimum Gasteiger partial charge on any atom is -0.366 e. The molecule has 1 amide bonds. The first-order chi connectivity index (χ1) is 9.58. The average Bonchev–Trinajstić information content (AvgIpc) is 2.46. The highest BCUT2D eigenvalue weighted by Gasteiger charge is 2.09. The van der Waals surface area contributed by atoms with Crippen molar-refractivity contribution < 1.29 is 9.18 Å². The second-order valence-corrected chi connectivity index (χ2v) is 4.68. The molecule has 104 valence electrons. The summed E-state index contributed by atoms with van der Waals surface area (Å²) in [5.41, 5.74) is 6.94. The van der Waals surface area contributed by atoms with Crippen molar-refractivity contribution in [3.05, 3.63) is 71.0 Å². The van der Waals surface area contributed by atoms with Gasteiger partial charge in [0.1, 0.15) is 5.82 Å². The fourth-order valence-electron chi connectivity index (χ4n) is 1.97. The van der Waals surface area contributed by atoms with Crippen LogP contribution in [0.2, 0.25) is 0 Å². The predicted octanol–water partition coefficient (Wildman–Crippen LogP) is 2.78. The van der Waals surface area contributed by atoms with E-state index >= 15 is 0 Å². The fourth-order valence-corrected chi connectivity index (χ4v) is 1.97. The van der Waals surface area contributed by atoms with E-state index in [4.69, 9.17) is 5.73 Å². The van der Waals surface area contributed by atoms with Gasteiger partial charge in [0.05, 0.1) is 0 Å². The maximum Gasteiger partial charge on any atom is 0.248 e. The van der Waals surface area contributed by atoms with Crippen LogP contribution in [0.1, 0.15) is 34.5 Å². The molecule has 0 unspecified atom stereocenters. The third-order valence-electron chi connectivity index (χ3n) is 3.24. The van der Waals surface area contributed by atoms with E-state index in [2.05, 4.69) is 5.32 Å². The molecule has 0 aliphatic carbocycles. The van der Waals surface area contributed by atoms with Gasteiger partial charge < -0.3 is 11.1 Å². The van der Waals surface area contributed by atoms with Gasteiger partial charge in [-0.3, -0.25) is 4.79 Å². The molecule has 0 aliphatic rings. The lowest BCUT2D eigenvalue weighted by Gasteiger charge is -2.14. The van der Waals surface area contributed by atoms with Gasteiger partial charge in [-0.15, -0.1) is 0 Å². The minimum atomic E-state index is -0.624. The summed E-state index contributed by atoms with van der Waals surface area (Å²) < 4.78 is 13.8. The van der Waals surface area contributed by atoms with E-state index in [0.717, 1.165) is 5.56 Å². The highest BCUT2D eigenvalue weighted by atomic mass is 19.1. The van der Waals surface area contributed by atoms with Crippen molar-refractivity contribution in [2.24, 2.45) is 5.73 Å². The highest BCUT2D eigenvalue weighted by molar-refractivity contribution is 5.92. The summed E-state index contributed by atoms with van der Waals surface area (Å²) in [5.74, 6) is -1.05. The fraction of sp³-hybridized carbons (Fsp3) is 0.188. The number of benzene rings is 2. The number of nitrogens with two attached hydrogens (primary N) is 1. The number of nitrogens with one attached hydrogen (secondary N) is 1. The number of carbonyl (C=O) groups excluding carboxylic acids is 1. The number of hydrogen-bond acceptors (Lipinski definition) is 2. The maximum absolute atomic E-state index is 13.8. The number of amides is 1. The summed E-state index contributed by atoms with van der Waals surface area (Å²) in [6, 6.07) is 14.3. The van der Waals surface area contributed by atoms with Gasteiger partial charge in [-0.05, 0) is 24.6 Å². The minimum absolute atomic E-state index is 0.117. The molecular weight excluding hydrogens is 255 g/mol. The third kappa shape index (κ3) is 3.42. The van der Waals surface area contributed by atoms with E-state index in [9.17, 15) is 9.18 Å². The SMILES string of the molecule is C[C@H](NCc1ccc(C(N)=O)cc1F)c1ccccc1. The van der Waals surface area contributed by atoms with Gasteiger partial charge in [0.2, 0.25) is 5.91 Å². The Morgan fingerprint density at radius 3 is 2.55 bits per heavy atom. The van der Waals surface area contributed by atoms with Crippen molar-refractivity contribution in [2.45, 2.75) is 19.5 Å². The molecule has 3 nitrogen and oxygen atoms in total. The second kappa shape index (κ2) is 6.30. The van der Waals surface area contributed by atoms with E-state index in [1.54, 1.807) is 6.07 Å². The zero-order valence-electron chi connectivity index (χ0n) is 11.3. The molecule has 0 fully saturated rings. The van der Waals surface area contributed by atoms with Crippen molar-refractivity contribution >= 4 is 5.91 Å². The maximum atomic E-state index is 13.8. The molecule has 3 N–H and O–H groups in total.